The number of aromatic nitrogens is 4. The van der Waals surface area contributed by atoms with Gasteiger partial charge in [-0.05, 0) is 28.7 Å². The predicted molar refractivity (Wildman–Crippen MR) is 55.8 cm³/mol. The van der Waals surface area contributed by atoms with Gasteiger partial charge in [-0.2, -0.15) is 0 Å². The highest BCUT2D eigenvalue weighted by molar-refractivity contribution is 5.68. The Morgan fingerprint density at radius 2 is 2.38 bits per heavy atom. The summed E-state index contributed by atoms with van der Waals surface area (Å²) in [6.07, 6.45) is 3.23. The van der Waals surface area contributed by atoms with Crippen molar-refractivity contribution in [3.8, 4) is 0 Å². The van der Waals surface area contributed by atoms with E-state index in [1.165, 1.54) is 4.68 Å². The Morgan fingerprint density at radius 3 is 2.81 bits per heavy atom. The van der Waals surface area contributed by atoms with Crippen molar-refractivity contribution in [1.82, 2.24) is 20.2 Å². The molecule has 16 heavy (non-hydrogen) atoms. The van der Waals surface area contributed by atoms with Gasteiger partial charge in [-0.25, -0.2) is 4.68 Å². The Hall–Kier alpha value is -1.66. The first kappa shape index (κ1) is 10.8. The summed E-state index contributed by atoms with van der Waals surface area (Å²) in [6, 6.07) is 0. The third kappa shape index (κ3) is 2.12. The number of hydrogen-bond acceptors (Lipinski definition) is 5. The van der Waals surface area contributed by atoms with E-state index in [1.54, 1.807) is 7.05 Å². The van der Waals surface area contributed by atoms with E-state index in [2.05, 4.69) is 20.8 Å². The Morgan fingerprint density at radius 1 is 1.62 bits per heavy atom. The van der Waals surface area contributed by atoms with Crippen molar-refractivity contribution >= 4 is 11.9 Å². The number of anilines is 1. The second-order valence-corrected chi connectivity index (χ2v) is 4.40. The number of aliphatic carboxylic acids is 1. The largest absolute Gasteiger partial charge is 0.481 e. The minimum atomic E-state index is -0.738. The average molecular weight is 225 g/mol. The number of carboxylic acid groups (broad SMARTS) is 1. The van der Waals surface area contributed by atoms with E-state index in [-0.39, 0.29) is 11.8 Å². The fourth-order valence-electron chi connectivity index (χ4n) is 2.06. The van der Waals surface area contributed by atoms with Crippen LogP contribution in [-0.2, 0) is 11.8 Å². The molecule has 1 aromatic heterocycles. The summed E-state index contributed by atoms with van der Waals surface area (Å²) in [5.41, 5.74) is -0.113. The van der Waals surface area contributed by atoms with Crippen LogP contribution in [0.1, 0.15) is 25.7 Å². The lowest BCUT2D eigenvalue weighted by atomic mass is 9.66. The molecule has 0 aromatic carbocycles. The molecule has 0 unspecified atom stereocenters. The fourth-order valence-corrected chi connectivity index (χ4v) is 2.06. The Kier molecular flexibility index (Phi) is 2.76. The zero-order chi connectivity index (χ0) is 11.6. The lowest BCUT2D eigenvalue weighted by Gasteiger charge is -2.40. The molecule has 1 aromatic rings. The number of nitrogens with zero attached hydrogens (tertiary/aromatic N) is 4. The van der Waals surface area contributed by atoms with Gasteiger partial charge in [-0.3, -0.25) is 4.79 Å². The summed E-state index contributed by atoms with van der Waals surface area (Å²) in [5.74, 6) is -0.158. The van der Waals surface area contributed by atoms with Crippen LogP contribution in [-0.4, -0.2) is 37.8 Å². The summed E-state index contributed by atoms with van der Waals surface area (Å²) >= 11 is 0. The van der Waals surface area contributed by atoms with Gasteiger partial charge in [0, 0.05) is 13.6 Å². The summed E-state index contributed by atoms with van der Waals surface area (Å²) < 4.78 is 1.53. The molecule has 0 saturated heterocycles. The first-order chi connectivity index (χ1) is 7.61. The van der Waals surface area contributed by atoms with E-state index < -0.39 is 5.97 Å². The molecule has 2 rings (SSSR count). The van der Waals surface area contributed by atoms with E-state index in [0.29, 0.717) is 12.5 Å². The van der Waals surface area contributed by atoms with E-state index in [9.17, 15) is 4.79 Å². The summed E-state index contributed by atoms with van der Waals surface area (Å²) in [7, 11) is 1.74. The average Bonchev–Trinajstić information content (AvgIpc) is 2.55. The van der Waals surface area contributed by atoms with Crippen LogP contribution < -0.4 is 5.32 Å². The monoisotopic (exact) mass is 225 g/mol. The maximum atomic E-state index is 10.8. The standard InChI is InChI=1S/C9H15N5O2/c1-14-8(11-12-13-14)10-6-9(3-2-4-9)5-7(15)16/h2-6H2,1H3,(H,15,16)(H,10,11,13). The number of tetrazole rings is 1. The first-order valence-corrected chi connectivity index (χ1v) is 5.29. The van der Waals surface area contributed by atoms with Crippen molar-refractivity contribution in [1.29, 1.82) is 0 Å². The molecule has 7 nitrogen and oxygen atoms in total. The number of hydrogen-bond donors (Lipinski definition) is 2. The summed E-state index contributed by atoms with van der Waals surface area (Å²) in [5, 5.41) is 23.0. The SMILES string of the molecule is Cn1nnnc1NCC1(CC(=O)O)CCC1. The Labute approximate surface area is 92.8 Å². The van der Waals surface area contributed by atoms with Gasteiger partial charge >= 0.3 is 5.97 Å². The molecule has 0 spiro atoms. The molecule has 0 radical (unpaired) electrons. The number of aryl methyl sites for hydroxylation is 1. The zero-order valence-electron chi connectivity index (χ0n) is 9.18. The van der Waals surface area contributed by atoms with Crippen LogP contribution in [0.3, 0.4) is 0 Å². The van der Waals surface area contributed by atoms with E-state index >= 15 is 0 Å². The molecule has 1 heterocycles. The van der Waals surface area contributed by atoms with Gasteiger partial charge in [-0.15, -0.1) is 0 Å². The highest BCUT2D eigenvalue weighted by atomic mass is 16.4. The van der Waals surface area contributed by atoms with E-state index in [0.717, 1.165) is 19.3 Å². The van der Waals surface area contributed by atoms with Gasteiger partial charge in [0.25, 0.3) is 0 Å². The molecule has 0 aliphatic heterocycles. The third-order valence-corrected chi connectivity index (χ3v) is 3.18. The molecule has 1 fully saturated rings. The van der Waals surface area contributed by atoms with Gasteiger partial charge in [0.1, 0.15) is 0 Å². The minimum absolute atomic E-state index is 0.113. The van der Waals surface area contributed by atoms with Crippen LogP contribution >= 0.6 is 0 Å². The van der Waals surface area contributed by atoms with Crippen molar-refractivity contribution in [2.75, 3.05) is 11.9 Å². The molecule has 0 bridgehead atoms. The van der Waals surface area contributed by atoms with Crippen molar-refractivity contribution in [3.05, 3.63) is 0 Å². The van der Waals surface area contributed by atoms with Gasteiger partial charge in [0.05, 0.1) is 6.42 Å². The maximum absolute atomic E-state index is 10.8. The maximum Gasteiger partial charge on any atom is 0.303 e. The van der Waals surface area contributed by atoms with Crippen LogP contribution in [0.15, 0.2) is 0 Å². The molecular weight excluding hydrogens is 210 g/mol. The topological polar surface area (TPSA) is 92.9 Å². The van der Waals surface area contributed by atoms with Crippen molar-refractivity contribution in [2.45, 2.75) is 25.7 Å². The second kappa shape index (κ2) is 4.07. The third-order valence-electron chi connectivity index (χ3n) is 3.18. The smallest absolute Gasteiger partial charge is 0.303 e. The number of rotatable bonds is 5. The number of nitrogens with one attached hydrogen (secondary N) is 1. The van der Waals surface area contributed by atoms with Gasteiger partial charge in [-0.1, -0.05) is 11.5 Å². The lowest BCUT2D eigenvalue weighted by molar-refractivity contribution is -0.141. The molecule has 1 aliphatic rings. The van der Waals surface area contributed by atoms with Crippen molar-refractivity contribution < 1.29 is 9.90 Å². The normalized spacial score (nSPS) is 17.8. The highest BCUT2D eigenvalue weighted by Crippen LogP contribution is 2.43. The molecule has 2 N–H and O–H groups in total. The molecule has 0 amide bonds. The van der Waals surface area contributed by atoms with Gasteiger partial charge in [0.2, 0.25) is 5.95 Å². The first-order valence-electron chi connectivity index (χ1n) is 5.29. The van der Waals surface area contributed by atoms with Crippen LogP contribution in [0.4, 0.5) is 5.95 Å². The molecule has 1 aliphatic carbocycles. The van der Waals surface area contributed by atoms with Crippen LogP contribution in [0.25, 0.3) is 0 Å². The Balaban J connectivity index is 1.93. The number of carboxylic acids is 1. The van der Waals surface area contributed by atoms with Gasteiger partial charge < -0.3 is 10.4 Å². The molecule has 7 heteroatoms. The lowest BCUT2D eigenvalue weighted by Crippen LogP contribution is -2.39. The highest BCUT2D eigenvalue weighted by Gasteiger charge is 2.39. The zero-order valence-corrected chi connectivity index (χ0v) is 9.18. The van der Waals surface area contributed by atoms with Crippen LogP contribution in [0, 0.1) is 5.41 Å². The van der Waals surface area contributed by atoms with E-state index in [1.807, 2.05) is 0 Å². The quantitative estimate of drug-likeness (QED) is 0.747. The van der Waals surface area contributed by atoms with Crippen LogP contribution in [0.5, 0.6) is 0 Å². The predicted octanol–water partition coefficient (Wildman–Crippen LogP) is 0.267. The Bertz CT molecular complexity index is 385. The van der Waals surface area contributed by atoms with E-state index in [4.69, 9.17) is 5.11 Å². The van der Waals surface area contributed by atoms with Gasteiger partial charge in [0.15, 0.2) is 0 Å². The minimum Gasteiger partial charge on any atom is -0.481 e. The molecule has 88 valence electrons. The molecule has 0 atom stereocenters. The van der Waals surface area contributed by atoms with Crippen molar-refractivity contribution in [3.63, 3.8) is 0 Å². The second-order valence-electron chi connectivity index (χ2n) is 4.40. The summed E-state index contributed by atoms with van der Waals surface area (Å²) in [6.45, 7) is 0.619. The fraction of sp³-hybridized carbons (Fsp3) is 0.778. The van der Waals surface area contributed by atoms with Crippen LogP contribution in [0.2, 0.25) is 0 Å². The van der Waals surface area contributed by atoms with Crippen molar-refractivity contribution in [2.24, 2.45) is 12.5 Å². The molecule has 1 saturated carbocycles. The molecular formula is C9H15N5O2. The number of carbonyl (C=O) groups is 1. The summed E-state index contributed by atoms with van der Waals surface area (Å²) in [4.78, 5) is 10.8.